The Morgan fingerprint density at radius 3 is 2.53 bits per heavy atom. The summed E-state index contributed by atoms with van der Waals surface area (Å²) in [5.41, 5.74) is 0. The number of cyclic esters (lactones) is 2. The van der Waals surface area contributed by atoms with Gasteiger partial charge in [0.05, 0.1) is 0 Å². The van der Waals surface area contributed by atoms with Crippen LogP contribution in [-0.2, 0) is 19.1 Å². The maximum Gasteiger partial charge on any atom is 0.333 e. The standard InChI is InChI=1S/C12H18O5/c1-3-5-6-9-12(15,4-2)17-11(14)8-7-10(13)16-9/h7-9,15H,3-6H2,1-2H3/b8-7-. The van der Waals surface area contributed by atoms with Gasteiger partial charge >= 0.3 is 11.9 Å². The summed E-state index contributed by atoms with van der Waals surface area (Å²) in [6.45, 7) is 3.66. The molecule has 0 radical (unpaired) electrons. The largest absolute Gasteiger partial charge is 0.452 e. The molecular formula is C12H18O5. The predicted octanol–water partition coefficient (Wildman–Crippen LogP) is 1.30. The van der Waals surface area contributed by atoms with Gasteiger partial charge in [-0.05, 0) is 12.8 Å². The fraction of sp³-hybridized carbons (Fsp3) is 0.667. The summed E-state index contributed by atoms with van der Waals surface area (Å²) in [4.78, 5) is 22.6. The highest BCUT2D eigenvalue weighted by Gasteiger charge is 2.42. The van der Waals surface area contributed by atoms with Crippen LogP contribution in [0.4, 0.5) is 0 Å². The molecule has 96 valence electrons. The lowest BCUT2D eigenvalue weighted by Gasteiger charge is -2.34. The van der Waals surface area contributed by atoms with Crippen LogP contribution in [0.5, 0.6) is 0 Å². The molecule has 1 aliphatic heterocycles. The minimum Gasteiger partial charge on any atom is -0.452 e. The molecule has 0 saturated carbocycles. The average molecular weight is 242 g/mol. The minimum atomic E-state index is -1.73. The maximum absolute atomic E-state index is 11.3. The fourth-order valence-electron chi connectivity index (χ4n) is 1.66. The Morgan fingerprint density at radius 1 is 1.29 bits per heavy atom. The van der Waals surface area contributed by atoms with Crippen LogP contribution in [0.3, 0.4) is 0 Å². The van der Waals surface area contributed by atoms with Gasteiger partial charge in [-0.15, -0.1) is 0 Å². The highest BCUT2D eigenvalue weighted by Crippen LogP contribution is 2.26. The summed E-state index contributed by atoms with van der Waals surface area (Å²) in [6.07, 6.45) is 3.48. The van der Waals surface area contributed by atoms with Gasteiger partial charge in [0.1, 0.15) is 0 Å². The molecule has 1 heterocycles. The van der Waals surface area contributed by atoms with Crippen LogP contribution >= 0.6 is 0 Å². The van der Waals surface area contributed by atoms with Crippen molar-refractivity contribution in [3.8, 4) is 0 Å². The first-order valence-electron chi connectivity index (χ1n) is 5.86. The lowest BCUT2D eigenvalue weighted by molar-refractivity contribution is -0.253. The topological polar surface area (TPSA) is 72.8 Å². The van der Waals surface area contributed by atoms with Crippen LogP contribution in [0.25, 0.3) is 0 Å². The van der Waals surface area contributed by atoms with Gasteiger partial charge in [0, 0.05) is 18.6 Å². The molecule has 0 fully saturated rings. The highest BCUT2D eigenvalue weighted by molar-refractivity contribution is 5.92. The van der Waals surface area contributed by atoms with Crippen molar-refractivity contribution in [2.24, 2.45) is 0 Å². The molecule has 1 aliphatic rings. The number of aliphatic hydroxyl groups is 1. The molecule has 5 nitrogen and oxygen atoms in total. The molecule has 2 unspecified atom stereocenters. The molecule has 0 saturated heterocycles. The third-order valence-electron chi connectivity index (χ3n) is 2.72. The Labute approximate surface area is 100 Å². The Balaban J connectivity index is 2.90. The van der Waals surface area contributed by atoms with Gasteiger partial charge in [-0.1, -0.05) is 20.3 Å². The van der Waals surface area contributed by atoms with Crippen molar-refractivity contribution < 1.29 is 24.2 Å². The molecule has 5 heteroatoms. The summed E-state index contributed by atoms with van der Waals surface area (Å²) in [7, 11) is 0. The maximum atomic E-state index is 11.3. The zero-order valence-corrected chi connectivity index (χ0v) is 10.1. The van der Waals surface area contributed by atoms with Crippen LogP contribution in [0.1, 0.15) is 39.5 Å². The molecule has 2 atom stereocenters. The van der Waals surface area contributed by atoms with Crippen molar-refractivity contribution in [3.63, 3.8) is 0 Å². The van der Waals surface area contributed by atoms with E-state index < -0.39 is 23.8 Å². The number of ether oxygens (including phenoxy) is 2. The van der Waals surface area contributed by atoms with E-state index in [1.54, 1.807) is 6.92 Å². The first kappa shape index (κ1) is 13.7. The fourth-order valence-corrected chi connectivity index (χ4v) is 1.66. The zero-order valence-electron chi connectivity index (χ0n) is 10.1. The first-order valence-corrected chi connectivity index (χ1v) is 5.86. The van der Waals surface area contributed by atoms with Crippen LogP contribution in [0, 0.1) is 0 Å². The predicted molar refractivity (Wildman–Crippen MR) is 59.9 cm³/mol. The van der Waals surface area contributed by atoms with E-state index in [1.807, 2.05) is 6.92 Å². The van der Waals surface area contributed by atoms with Crippen molar-refractivity contribution in [2.75, 3.05) is 0 Å². The van der Waals surface area contributed by atoms with Crippen LogP contribution < -0.4 is 0 Å². The summed E-state index contributed by atoms with van der Waals surface area (Å²) in [6, 6.07) is 0. The zero-order chi connectivity index (χ0) is 12.9. The average Bonchev–Trinajstić information content (AvgIpc) is 2.30. The number of carbonyl (C=O) groups is 2. The molecular weight excluding hydrogens is 224 g/mol. The molecule has 1 rings (SSSR count). The third-order valence-corrected chi connectivity index (χ3v) is 2.72. The molecule has 0 amide bonds. The van der Waals surface area contributed by atoms with Crippen molar-refractivity contribution >= 4 is 11.9 Å². The van der Waals surface area contributed by atoms with E-state index in [1.165, 1.54) is 0 Å². The normalized spacial score (nSPS) is 31.1. The second-order valence-electron chi connectivity index (χ2n) is 4.02. The van der Waals surface area contributed by atoms with E-state index in [0.29, 0.717) is 6.42 Å². The van der Waals surface area contributed by atoms with Crippen molar-refractivity contribution in [1.82, 2.24) is 0 Å². The Morgan fingerprint density at radius 2 is 1.94 bits per heavy atom. The molecule has 1 N–H and O–H groups in total. The number of rotatable bonds is 4. The quantitative estimate of drug-likeness (QED) is 0.752. The second-order valence-corrected chi connectivity index (χ2v) is 4.02. The van der Waals surface area contributed by atoms with E-state index >= 15 is 0 Å². The van der Waals surface area contributed by atoms with E-state index in [4.69, 9.17) is 9.47 Å². The number of hydrogen-bond donors (Lipinski definition) is 1. The Bertz CT molecular complexity index is 323. The summed E-state index contributed by atoms with van der Waals surface area (Å²) >= 11 is 0. The van der Waals surface area contributed by atoms with Gasteiger partial charge < -0.3 is 14.6 Å². The lowest BCUT2D eigenvalue weighted by Crippen LogP contribution is -2.48. The van der Waals surface area contributed by atoms with Crippen LogP contribution in [0.15, 0.2) is 12.2 Å². The van der Waals surface area contributed by atoms with Gasteiger partial charge in [0.25, 0.3) is 0 Å². The van der Waals surface area contributed by atoms with Gasteiger partial charge in [0.2, 0.25) is 5.79 Å². The SMILES string of the molecule is CCCCC1OC(=O)/C=C\C(=O)OC1(O)CC. The molecule has 0 aliphatic carbocycles. The number of hydrogen-bond acceptors (Lipinski definition) is 5. The van der Waals surface area contributed by atoms with E-state index in [0.717, 1.165) is 25.0 Å². The second kappa shape index (κ2) is 5.82. The highest BCUT2D eigenvalue weighted by atomic mass is 16.7. The van der Waals surface area contributed by atoms with E-state index in [-0.39, 0.29) is 6.42 Å². The monoisotopic (exact) mass is 242 g/mol. The van der Waals surface area contributed by atoms with Crippen LogP contribution in [-0.4, -0.2) is 28.9 Å². The molecule has 17 heavy (non-hydrogen) atoms. The van der Waals surface area contributed by atoms with Gasteiger partial charge in [-0.2, -0.15) is 0 Å². The Hall–Kier alpha value is -1.36. The smallest absolute Gasteiger partial charge is 0.333 e. The Kier molecular flexibility index (Phi) is 4.69. The van der Waals surface area contributed by atoms with Crippen molar-refractivity contribution in [1.29, 1.82) is 0 Å². The molecule has 0 bridgehead atoms. The van der Waals surface area contributed by atoms with Gasteiger partial charge in [0.15, 0.2) is 6.10 Å². The third kappa shape index (κ3) is 3.56. The minimum absolute atomic E-state index is 0.175. The van der Waals surface area contributed by atoms with Crippen molar-refractivity contribution in [3.05, 3.63) is 12.2 Å². The van der Waals surface area contributed by atoms with E-state index in [9.17, 15) is 14.7 Å². The summed E-state index contributed by atoms with van der Waals surface area (Å²) < 4.78 is 10.0. The summed E-state index contributed by atoms with van der Waals surface area (Å²) in [5.74, 6) is -3.09. The summed E-state index contributed by atoms with van der Waals surface area (Å²) in [5, 5.41) is 10.2. The van der Waals surface area contributed by atoms with E-state index in [2.05, 4.69) is 0 Å². The van der Waals surface area contributed by atoms with Gasteiger partial charge in [-0.3, -0.25) is 0 Å². The molecule has 0 aromatic rings. The van der Waals surface area contributed by atoms with Crippen molar-refractivity contribution in [2.45, 2.75) is 51.4 Å². The molecule has 0 spiro atoms. The number of esters is 2. The molecule has 0 aromatic carbocycles. The number of unbranched alkanes of at least 4 members (excludes halogenated alkanes) is 1. The molecule has 0 aromatic heterocycles. The van der Waals surface area contributed by atoms with Crippen LogP contribution in [0.2, 0.25) is 0 Å². The lowest BCUT2D eigenvalue weighted by atomic mass is 10.0. The number of carbonyl (C=O) groups excluding carboxylic acids is 2. The van der Waals surface area contributed by atoms with Gasteiger partial charge in [-0.25, -0.2) is 9.59 Å². The first-order chi connectivity index (χ1) is 8.01.